The summed E-state index contributed by atoms with van der Waals surface area (Å²) in [5, 5.41) is 4.86. The molecule has 0 spiro atoms. The molecule has 26 heavy (non-hydrogen) atoms. The molecule has 2 aliphatic carbocycles. The topological polar surface area (TPSA) is 44.5 Å². The first-order valence-corrected chi connectivity index (χ1v) is 9.60. The molecule has 2 fully saturated rings. The average molecular weight is 375 g/mol. The average Bonchev–Trinajstić information content (AvgIpc) is 3.54. The van der Waals surface area contributed by atoms with Crippen molar-refractivity contribution in [3.63, 3.8) is 0 Å². The Morgan fingerprint density at radius 1 is 1.15 bits per heavy atom. The molecule has 0 atom stereocenters. The Labute approximate surface area is 159 Å². The third-order valence-electron chi connectivity index (χ3n) is 5.03. The first-order valence-electron chi connectivity index (χ1n) is 9.19. The van der Waals surface area contributed by atoms with Gasteiger partial charge in [-0.2, -0.15) is 5.10 Å². The van der Waals surface area contributed by atoms with Crippen LogP contribution < -0.4 is 9.47 Å². The Morgan fingerprint density at radius 3 is 2.50 bits per heavy atom. The molecule has 0 N–H and O–H groups in total. The Hall–Kier alpha value is -1.86. The number of hydrogen-bond acceptors (Lipinski definition) is 5. The van der Waals surface area contributed by atoms with Gasteiger partial charge in [-0.15, -0.1) is 0 Å². The summed E-state index contributed by atoms with van der Waals surface area (Å²) in [5.41, 5.74) is 1.17. The van der Waals surface area contributed by atoms with E-state index in [1.165, 1.54) is 37.1 Å². The van der Waals surface area contributed by atoms with Crippen molar-refractivity contribution in [2.45, 2.75) is 50.9 Å². The molecule has 0 radical (unpaired) electrons. The highest BCUT2D eigenvalue weighted by molar-refractivity contribution is 7.71. The van der Waals surface area contributed by atoms with E-state index in [0.717, 1.165) is 22.8 Å². The quantitative estimate of drug-likeness (QED) is 0.659. The summed E-state index contributed by atoms with van der Waals surface area (Å²) in [6, 6.07) is 6.62. The molecule has 0 amide bonds. The van der Waals surface area contributed by atoms with Gasteiger partial charge in [-0.3, -0.25) is 4.90 Å². The van der Waals surface area contributed by atoms with Gasteiger partial charge in [0.25, 0.3) is 0 Å². The Kier molecular flexibility index (Phi) is 4.75. The fraction of sp³-hybridized carbons (Fsp3) is 0.579. The summed E-state index contributed by atoms with van der Waals surface area (Å²) < 4.78 is 15.9. The smallest absolute Gasteiger partial charge is 0.199 e. The number of methoxy groups -OCH3 is 2. The molecule has 2 aromatic rings. The Bertz CT molecular complexity index is 852. The van der Waals surface area contributed by atoms with Gasteiger partial charge in [0.15, 0.2) is 16.3 Å². The van der Waals surface area contributed by atoms with E-state index in [1.54, 1.807) is 14.2 Å². The van der Waals surface area contributed by atoms with E-state index in [4.69, 9.17) is 26.8 Å². The molecule has 0 saturated heterocycles. The maximum atomic E-state index is 5.73. The van der Waals surface area contributed by atoms with E-state index in [1.807, 2.05) is 16.8 Å². The summed E-state index contributed by atoms with van der Waals surface area (Å²) in [6.45, 7) is 1.48. The van der Waals surface area contributed by atoms with Crippen LogP contribution in [-0.2, 0) is 13.2 Å². The minimum absolute atomic E-state index is 0.586. The van der Waals surface area contributed by atoms with Crippen LogP contribution in [0.3, 0.4) is 0 Å². The predicted octanol–water partition coefficient (Wildman–Crippen LogP) is 3.73. The summed E-state index contributed by atoms with van der Waals surface area (Å²) >= 11 is 5.73. The van der Waals surface area contributed by atoms with Crippen LogP contribution in [0.1, 0.15) is 49.0 Å². The lowest BCUT2D eigenvalue weighted by molar-refractivity contribution is 0.242. The summed E-state index contributed by atoms with van der Waals surface area (Å²) in [4.78, 5) is 2.22. The monoisotopic (exact) mass is 374 g/mol. The fourth-order valence-corrected chi connectivity index (χ4v) is 3.74. The van der Waals surface area contributed by atoms with Crippen LogP contribution in [0.5, 0.6) is 11.5 Å². The van der Waals surface area contributed by atoms with Gasteiger partial charge in [0, 0.05) is 18.5 Å². The van der Waals surface area contributed by atoms with Crippen LogP contribution in [0.25, 0.3) is 0 Å². The molecule has 0 aliphatic heterocycles. The van der Waals surface area contributed by atoms with Crippen molar-refractivity contribution in [2.75, 3.05) is 21.3 Å². The van der Waals surface area contributed by atoms with Crippen molar-refractivity contribution in [2.24, 2.45) is 0 Å². The normalized spacial score (nSPS) is 16.9. The number of aromatic nitrogens is 3. The number of nitrogens with zero attached hydrogens (tertiary/aromatic N) is 4. The number of rotatable bonds is 8. The molecule has 1 heterocycles. The van der Waals surface area contributed by atoms with Crippen LogP contribution in [0.4, 0.5) is 0 Å². The van der Waals surface area contributed by atoms with Crippen molar-refractivity contribution in [3.8, 4) is 11.5 Å². The van der Waals surface area contributed by atoms with Crippen LogP contribution in [0.15, 0.2) is 18.2 Å². The van der Waals surface area contributed by atoms with Crippen LogP contribution >= 0.6 is 12.2 Å². The lowest BCUT2D eigenvalue weighted by atomic mass is 10.2. The molecule has 0 unspecified atom stereocenters. The van der Waals surface area contributed by atoms with Gasteiger partial charge in [0.2, 0.25) is 0 Å². The SMILES string of the molecule is COc1ccc(CN(C)Cn2nc(C3CC3)n(C3CC3)c2=S)cc1OC. The second-order valence-corrected chi connectivity index (χ2v) is 7.73. The van der Waals surface area contributed by atoms with Crippen molar-refractivity contribution in [1.82, 2.24) is 19.2 Å². The summed E-state index contributed by atoms with van der Waals surface area (Å²) in [6.07, 6.45) is 4.97. The minimum atomic E-state index is 0.586. The van der Waals surface area contributed by atoms with E-state index < -0.39 is 0 Å². The fourth-order valence-electron chi connectivity index (χ4n) is 3.39. The van der Waals surface area contributed by atoms with Gasteiger partial charge >= 0.3 is 0 Å². The molecular formula is C19H26N4O2S. The third kappa shape index (κ3) is 3.50. The van der Waals surface area contributed by atoms with E-state index in [9.17, 15) is 0 Å². The van der Waals surface area contributed by atoms with Gasteiger partial charge in [0.05, 0.1) is 20.9 Å². The highest BCUT2D eigenvalue weighted by Crippen LogP contribution is 2.44. The van der Waals surface area contributed by atoms with Gasteiger partial charge in [-0.1, -0.05) is 6.07 Å². The molecule has 1 aromatic carbocycles. The third-order valence-corrected chi connectivity index (χ3v) is 5.43. The lowest BCUT2D eigenvalue weighted by Crippen LogP contribution is -2.22. The Balaban J connectivity index is 1.49. The highest BCUT2D eigenvalue weighted by atomic mass is 32.1. The largest absolute Gasteiger partial charge is 0.493 e. The molecule has 2 saturated carbocycles. The molecular weight excluding hydrogens is 348 g/mol. The van der Waals surface area contributed by atoms with E-state index >= 15 is 0 Å². The maximum absolute atomic E-state index is 5.73. The molecule has 4 rings (SSSR count). The van der Waals surface area contributed by atoms with Gasteiger partial charge in [-0.25, -0.2) is 4.68 Å². The van der Waals surface area contributed by atoms with Crippen molar-refractivity contribution >= 4 is 12.2 Å². The predicted molar refractivity (Wildman–Crippen MR) is 102 cm³/mol. The number of hydrogen-bond donors (Lipinski definition) is 0. The van der Waals surface area contributed by atoms with E-state index in [0.29, 0.717) is 18.6 Å². The van der Waals surface area contributed by atoms with Crippen molar-refractivity contribution < 1.29 is 9.47 Å². The lowest BCUT2D eigenvalue weighted by Gasteiger charge is -2.17. The zero-order valence-electron chi connectivity index (χ0n) is 15.6. The van der Waals surface area contributed by atoms with Gasteiger partial charge < -0.3 is 14.0 Å². The number of ether oxygens (including phenoxy) is 2. The second-order valence-electron chi connectivity index (χ2n) is 7.36. The zero-order chi connectivity index (χ0) is 18.3. The Morgan fingerprint density at radius 2 is 1.88 bits per heavy atom. The highest BCUT2D eigenvalue weighted by Gasteiger charge is 2.35. The van der Waals surface area contributed by atoms with Crippen LogP contribution in [0, 0.1) is 4.77 Å². The molecule has 2 aliphatic rings. The summed E-state index contributed by atoms with van der Waals surface area (Å²) in [7, 11) is 5.40. The minimum Gasteiger partial charge on any atom is -0.493 e. The first kappa shape index (κ1) is 17.5. The zero-order valence-corrected chi connectivity index (χ0v) is 16.5. The van der Waals surface area contributed by atoms with Gasteiger partial charge in [-0.05, 0) is 62.6 Å². The van der Waals surface area contributed by atoms with E-state index in [-0.39, 0.29) is 0 Å². The molecule has 6 nitrogen and oxygen atoms in total. The second kappa shape index (κ2) is 7.04. The van der Waals surface area contributed by atoms with Crippen molar-refractivity contribution in [3.05, 3.63) is 34.4 Å². The molecule has 0 bridgehead atoms. The van der Waals surface area contributed by atoms with E-state index in [2.05, 4.69) is 22.6 Å². The first-order chi connectivity index (χ1) is 12.6. The number of benzene rings is 1. The summed E-state index contributed by atoms with van der Waals surface area (Å²) in [5.74, 6) is 3.33. The molecule has 7 heteroatoms. The van der Waals surface area contributed by atoms with Crippen LogP contribution in [0.2, 0.25) is 0 Å². The standard InChI is InChI=1S/C19H26N4O2S/c1-21(11-13-4-9-16(24-2)17(10-13)25-3)12-22-19(26)23(15-7-8-15)18(20-22)14-5-6-14/h4,9-10,14-15H,5-8,11-12H2,1-3H3. The van der Waals surface area contributed by atoms with Crippen LogP contribution in [-0.4, -0.2) is 40.5 Å². The molecule has 1 aromatic heterocycles. The van der Waals surface area contributed by atoms with Gasteiger partial charge in [0.1, 0.15) is 5.82 Å². The molecule has 140 valence electrons. The van der Waals surface area contributed by atoms with Crippen molar-refractivity contribution in [1.29, 1.82) is 0 Å². The maximum Gasteiger partial charge on any atom is 0.199 e.